The number of hydrogen-bond donors (Lipinski definition) is 0. The van der Waals surface area contributed by atoms with Crippen LogP contribution < -0.4 is 4.74 Å². The van der Waals surface area contributed by atoms with Crippen molar-refractivity contribution < 1.29 is 4.74 Å². The summed E-state index contributed by atoms with van der Waals surface area (Å²) in [5.74, 6) is 1.69. The minimum absolute atomic E-state index is 0.360. The summed E-state index contributed by atoms with van der Waals surface area (Å²) in [6, 6.07) is 7.67. The molecular formula is C14H20ClNO. The molecule has 1 saturated carbocycles. The van der Waals surface area contributed by atoms with E-state index >= 15 is 0 Å². The van der Waals surface area contributed by atoms with Gasteiger partial charge in [-0.2, -0.15) is 0 Å². The molecule has 0 bridgehead atoms. The summed E-state index contributed by atoms with van der Waals surface area (Å²) in [7, 11) is 4.21. The number of benzene rings is 1. The molecule has 1 unspecified atom stereocenters. The lowest BCUT2D eigenvalue weighted by atomic mass is 10.1. The molecule has 17 heavy (non-hydrogen) atoms. The highest BCUT2D eigenvalue weighted by Crippen LogP contribution is 2.36. The molecule has 1 aromatic rings. The minimum Gasteiger partial charge on any atom is -0.490 e. The fourth-order valence-corrected chi connectivity index (χ4v) is 2.06. The van der Waals surface area contributed by atoms with Crippen molar-refractivity contribution in [1.82, 2.24) is 4.90 Å². The molecule has 0 saturated heterocycles. The maximum absolute atomic E-state index is 6.06. The van der Waals surface area contributed by atoms with Crippen molar-refractivity contribution in [2.24, 2.45) is 5.92 Å². The normalized spacial score (nSPS) is 17.2. The van der Waals surface area contributed by atoms with Gasteiger partial charge in [-0.05, 0) is 63.5 Å². The first kappa shape index (κ1) is 12.7. The van der Waals surface area contributed by atoms with Crippen LogP contribution in [0, 0.1) is 5.92 Å². The third-order valence-corrected chi connectivity index (χ3v) is 3.36. The summed E-state index contributed by atoms with van der Waals surface area (Å²) in [4.78, 5) is 2.21. The van der Waals surface area contributed by atoms with Crippen LogP contribution in [-0.2, 0) is 0 Å². The van der Waals surface area contributed by atoms with Crippen LogP contribution in [0.4, 0.5) is 0 Å². The van der Waals surface area contributed by atoms with Gasteiger partial charge in [0.05, 0.1) is 0 Å². The van der Waals surface area contributed by atoms with Gasteiger partial charge >= 0.3 is 0 Å². The van der Waals surface area contributed by atoms with Crippen LogP contribution in [0.1, 0.15) is 19.3 Å². The van der Waals surface area contributed by atoms with Crippen LogP contribution in [0.25, 0.3) is 0 Å². The monoisotopic (exact) mass is 253 g/mol. The zero-order valence-corrected chi connectivity index (χ0v) is 11.3. The Morgan fingerprint density at radius 2 is 1.94 bits per heavy atom. The Balaban J connectivity index is 1.90. The molecule has 0 heterocycles. The SMILES string of the molecule is CN(C)CCC(Oc1ccc(Cl)cc1)C1CC1. The summed E-state index contributed by atoms with van der Waals surface area (Å²) in [5.41, 5.74) is 0. The van der Waals surface area contributed by atoms with E-state index in [2.05, 4.69) is 19.0 Å². The van der Waals surface area contributed by atoms with E-state index in [4.69, 9.17) is 16.3 Å². The van der Waals surface area contributed by atoms with Crippen LogP contribution in [-0.4, -0.2) is 31.6 Å². The smallest absolute Gasteiger partial charge is 0.119 e. The maximum atomic E-state index is 6.06. The minimum atomic E-state index is 0.360. The van der Waals surface area contributed by atoms with Gasteiger partial charge in [0.15, 0.2) is 0 Å². The molecule has 1 atom stereocenters. The van der Waals surface area contributed by atoms with Gasteiger partial charge < -0.3 is 9.64 Å². The van der Waals surface area contributed by atoms with Gasteiger partial charge in [0.25, 0.3) is 0 Å². The Labute approximate surface area is 109 Å². The second-order valence-corrected chi connectivity index (χ2v) is 5.48. The van der Waals surface area contributed by atoms with E-state index in [-0.39, 0.29) is 0 Å². The van der Waals surface area contributed by atoms with Crippen LogP contribution in [0.2, 0.25) is 5.02 Å². The van der Waals surface area contributed by atoms with Crippen LogP contribution >= 0.6 is 11.6 Å². The maximum Gasteiger partial charge on any atom is 0.119 e. The molecule has 0 aliphatic heterocycles. The molecule has 1 aromatic carbocycles. The molecule has 1 fully saturated rings. The Morgan fingerprint density at radius 3 is 2.47 bits per heavy atom. The second-order valence-electron chi connectivity index (χ2n) is 5.04. The van der Waals surface area contributed by atoms with Crippen molar-refractivity contribution in [3.05, 3.63) is 29.3 Å². The van der Waals surface area contributed by atoms with E-state index in [1.165, 1.54) is 12.8 Å². The number of halogens is 1. The number of ether oxygens (including phenoxy) is 1. The average molecular weight is 254 g/mol. The first-order valence-corrected chi connectivity index (χ1v) is 6.60. The summed E-state index contributed by atoms with van der Waals surface area (Å²) in [6.45, 7) is 1.08. The van der Waals surface area contributed by atoms with Crippen LogP contribution in [0.5, 0.6) is 5.75 Å². The number of hydrogen-bond acceptors (Lipinski definition) is 2. The lowest BCUT2D eigenvalue weighted by molar-refractivity contribution is 0.155. The summed E-state index contributed by atoms with van der Waals surface area (Å²) in [6.07, 6.45) is 4.08. The van der Waals surface area contributed by atoms with Gasteiger partial charge in [-0.25, -0.2) is 0 Å². The van der Waals surface area contributed by atoms with Crippen molar-refractivity contribution in [3.63, 3.8) is 0 Å². The molecule has 2 rings (SSSR count). The average Bonchev–Trinajstić information content (AvgIpc) is 3.10. The van der Waals surface area contributed by atoms with Gasteiger partial charge in [0, 0.05) is 11.6 Å². The van der Waals surface area contributed by atoms with Gasteiger partial charge in [-0.15, -0.1) is 0 Å². The van der Waals surface area contributed by atoms with Crippen molar-refractivity contribution >= 4 is 11.6 Å². The fraction of sp³-hybridized carbons (Fsp3) is 0.571. The third-order valence-electron chi connectivity index (χ3n) is 3.11. The lowest BCUT2D eigenvalue weighted by Crippen LogP contribution is -2.25. The summed E-state index contributed by atoms with van der Waals surface area (Å²) < 4.78 is 6.06. The van der Waals surface area contributed by atoms with Crippen molar-refractivity contribution in [1.29, 1.82) is 0 Å². The highest BCUT2D eigenvalue weighted by Gasteiger charge is 2.32. The summed E-state index contributed by atoms with van der Waals surface area (Å²) in [5, 5.41) is 0.758. The molecule has 2 nitrogen and oxygen atoms in total. The summed E-state index contributed by atoms with van der Waals surface area (Å²) >= 11 is 5.86. The van der Waals surface area contributed by atoms with E-state index in [1.807, 2.05) is 24.3 Å². The van der Waals surface area contributed by atoms with Crippen molar-refractivity contribution in [3.8, 4) is 5.75 Å². The molecule has 3 heteroatoms. The molecule has 94 valence electrons. The van der Waals surface area contributed by atoms with E-state index < -0.39 is 0 Å². The molecule has 0 N–H and O–H groups in total. The highest BCUT2D eigenvalue weighted by atomic mass is 35.5. The quantitative estimate of drug-likeness (QED) is 0.770. The molecule has 0 radical (unpaired) electrons. The first-order chi connectivity index (χ1) is 8.15. The molecule has 0 amide bonds. The fourth-order valence-electron chi connectivity index (χ4n) is 1.93. The molecule has 1 aliphatic rings. The third kappa shape index (κ3) is 4.21. The second kappa shape index (κ2) is 5.74. The standard InChI is InChI=1S/C14H20ClNO/c1-16(2)10-9-14(11-3-4-11)17-13-7-5-12(15)6-8-13/h5-8,11,14H,3-4,9-10H2,1-2H3. The molecule has 0 aromatic heterocycles. The largest absolute Gasteiger partial charge is 0.490 e. The van der Waals surface area contributed by atoms with E-state index in [0.29, 0.717) is 6.10 Å². The Bertz CT molecular complexity index is 346. The van der Waals surface area contributed by atoms with Gasteiger partial charge in [0.2, 0.25) is 0 Å². The molecule has 0 spiro atoms. The predicted octanol–water partition coefficient (Wildman–Crippen LogP) is 3.45. The predicted molar refractivity (Wildman–Crippen MR) is 71.8 cm³/mol. The van der Waals surface area contributed by atoms with Crippen molar-refractivity contribution in [2.75, 3.05) is 20.6 Å². The first-order valence-electron chi connectivity index (χ1n) is 6.22. The zero-order chi connectivity index (χ0) is 12.3. The Morgan fingerprint density at radius 1 is 1.29 bits per heavy atom. The Kier molecular flexibility index (Phi) is 4.30. The van der Waals surface area contributed by atoms with Gasteiger partial charge in [0.1, 0.15) is 11.9 Å². The highest BCUT2D eigenvalue weighted by molar-refractivity contribution is 6.30. The van der Waals surface area contributed by atoms with Crippen LogP contribution in [0.3, 0.4) is 0 Å². The van der Waals surface area contributed by atoms with E-state index in [0.717, 1.165) is 29.7 Å². The van der Waals surface area contributed by atoms with E-state index in [9.17, 15) is 0 Å². The molecule has 1 aliphatic carbocycles. The Hall–Kier alpha value is -0.730. The number of rotatable bonds is 6. The van der Waals surface area contributed by atoms with Crippen molar-refractivity contribution in [2.45, 2.75) is 25.4 Å². The zero-order valence-electron chi connectivity index (χ0n) is 10.5. The van der Waals surface area contributed by atoms with Gasteiger partial charge in [-0.3, -0.25) is 0 Å². The lowest BCUT2D eigenvalue weighted by Gasteiger charge is -2.20. The number of nitrogens with zero attached hydrogens (tertiary/aromatic N) is 1. The molecular weight excluding hydrogens is 234 g/mol. The van der Waals surface area contributed by atoms with E-state index in [1.54, 1.807) is 0 Å². The topological polar surface area (TPSA) is 12.5 Å². The van der Waals surface area contributed by atoms with Gasteiger partial charge in [-0.1, -0.05) is 11.6 Å². The van der Waals surface area contributed by atoms with Crippen LogP contribution in [0.15, 0.2) is 24.3 Å².